The molecule has 0 amide bonds. The van der Waals surface area contributed by atoms with E-state index in [4.69, 9.17) is 4.74 Å². The van der Waals surface area contributed by atoms with Gasteiger partial charge in [0.2, 0.25) is 0 Å². The fourth-order valence-electron chi connectivity index (χ4n) is 1.69. The van der Waals surface area contributed by atoms with Crippen molar-refractivity contribution in [1.82, 2.24) is 4.90 Å². The number of hydrogen-bond acceptors (Lipinski definition) is 3. The van der Waals surface area contributed by atoms with Crippen LogP contribution in [0.4, 0.5) is 0 Å². The molecule has 1 fully saturated rings. The lowest BCUT2D eigenvalue weighted by Crippen LogP contribution is -2.26. The first-order valence-corrected chi connectivity index (χ1v) is 6.15. The second-order valence-electron chi connectivity index (χ2n) is 4.42. The fraction of sp³-hybridized carbons (Fsp3) is 0.571. The van der Waals surface area contributed by atoms with E-state index < -0.39 is 0 Å². The molecule has 0 aromatic rings. The van der Waals surface area contributed by atoms with Crippen LogP contribution in [0, 0.1) is 0 Å². The molecule has 3 nitrogen and oxygen atoms in total. The van der Waals surface area contributed by atoms with Crippen LogP contribution < -0.4 is 0 Å². The first-order valence-electron chi connectivity index (χ1n) is 6.15. The lowest BCUT2D eigenvalue weighted by Gasteiger charge is -2.15. The lowest BCUT2D eigenvalue weighted by atomic mass is 10.2. The third kappa shape index (κ3) is 5.71. The van der Waals surface area contributed by atoms with Crippen molar-refractivity contribution in [2.24, 2.45) is 0 Å². The van der Waals surface area contributed by atoms with Gasteiger partial charge in [0.1, 0.15) is 12.4 Å². The number of ether oxygens (including phenoxy) is 1. The van der Waals surface area contributed by atoms with Crippen LogP contribution in [0.5, 0.6) is 0 Å². The number of aliphatic hydroxyl groups is 1. The monoisotopic (exact) mass is 237 g/mol. The fourth-order valence-corrected chi connectivity index (χ4v) is 1.69. The van der Waals surface area contributed by atoms with E-state index in [9.17, 15) is 5.11 Å². The van der Waals surface area contributed by atoms with E-state index in [0.717, 1.165) is 26.1 Å². The second kappa shape index (κ2) is 7.30. The van der Waals surface area contributed by atoms with Gasteiger partial charge in [-0.2, -0.15) is 0 Å². The molecule has 17 heavy (non-hydrogen) atoms. The summed E-state index contributed by atoms with van der Waals surface area (Å²) in [6.07, 6.45) is 6.63. The average Bonchev–Trinajstić information content (AvgIpc) is 2.72. The summed E-state index contributed by atoms with van der Waals surface area (Å²) in [5.74, 6) is 0.686. The van der Waals surface area contributed by atoms with E-state index in [-0.39, 0.29) is 6.10 Å². The molecule has 1 rings (SSSR count). The highest BCUT2D eigenvalue weighted by molar-refractivity contribution is 5.21. The molecule has 0 aromatic carbocycles. The van der Waals surface area contributed by atoms with E-state index in [0.29, 0.717) is 12.4 Å². The standard InChI is InChI=1S/C14H23NO2/c1-4-12(2)5-6-13(3)17-10-9-15-8-7-14(16)11-15/h4-6,14,16H,3,7-11H2,1-2H3/b6-5-,12-4-. The van der Waals surface area contributed by atoms with Gasteiger partial charge in [0.05, 0.1) is 6.10 Å². The molecule has 3 heteroatoms. The summed E-state index contributed by atoms with van der Waals surface area (Å²) in [4.78, 5) is 2.21. The normalized spacial score (nSPS) is 22.3. The Labute approximate surface area is 104 Å². The van der Waals surface area contributed by atoms with Crippen LogP contribution in [0.2, 0.25) is 0 Å². The third-order valence-electron chi connectivity index (χ3n) is 2.93. The van der Waals surface area contributed by atoms with Gasteiger partial charge in [-0.05, 0) is 26.3 Å². The number of aliphatic hydroxyl groups excluding tert-OH is 1. The first-order chi connectivity index (χ1) is 8.11. The van der Waals surface area contributed by atoms with Crippen molar-refractivity contribution in [2.75, 3.05) is 26.2 Å². The van der Waals surface area contributed by atoms with Crippen molar-refractivity contribution >= 4 is 0 Å². The quantitative estimate of drug-likeness (QED) is 0.567. The second-order valence-corrected chi connectivity index (χ2v) is 4.42. The summed E-state index contributed by atoms with van der Waals surface area (Å²) in [6, 6.07) is 0. The molecule has 1 saturated heterocycles. The van der Waals surface area contributed by atoms with Gasteiger partial charge in [-0.25, -0.2) is 0 Å². The average molecular weight is 237 g/mol. The molecular formula is C14H23NO2. The zero-order chi connectivity index (χ0) is 12.7. The van der Waals surface area contributed by atoms with Crippen LogP contribution in [0.15, 0.2) is 36.1 Å². The van der Waals surface area contributed by atoms with Gasteiger partial charge >= 0.3 is 0 Å². The van der Waals surface area contributed by atoms with Gasteiger partial charge in [0.25, 0.3) is 0 Å². The number of rotatable bonds is 6. The molecule has 0 spiro atoms. The minimum absolute atomic E-state index is 0.157. The molecule has 0 saturated carbocycles. The minimum atomic E-state index is -0.157. The molecule has 1 heterocycles. The Morgan fingerprint density at radius 1 is 1.53 bits per heavy atom. The molecule has 1 unspecified atom stereocenters. The highest BCUT2D eigenvalue weighted by Crippen LogP contribution is 2.08. The lowest BCUT2D eigenvalue weighted by molar-refractivity contribution is 0.152. The number of β-amino-alcohol motifs (C(OH)–C–C–N with tert-alkyl or cyclic N) is 1. The van der Waals surface area contributed by atoms with E-state index in [2.05, 4.69) is 11.5 Å². The van der Waals surface area contributed by atoms with Crippen LogP contribution in [-0.2, 0) is 4.74 Å². The Kier molecular flexibility index (Phi) is 6.01. The predicted octanol–water partition coefficient (Wildman–Crippen LogP) is 2.11. The Hall–Kier alpha value is -1.06. The summed E-state index contributed by atoms with van der Waals surface area (Å²) >= 11 is 0. The van der Waals surface area contributed by atoms with Crippen LogP contribution in [-0.4, -0.2) is 42.4 Å². The van der Waals surface area contributed by atoms with Crippen LogP contribution in [0.1, 0.15) is 20.3 Å². The van der Waals surface area contributed by atoms with Gasteiger partial charge in [-0.3, -0.25) is 4.90 Å². The maximum absolute atomic E-state index is 9.36. The predicted molar refractivity (Wildman–Crippen MR) is 70.7 cm³/mol. The highest BCUT2D eigenvalue weighted by atomic mass is 16.5. The molecule has 96 valence electrons. The van der Waals surface area contributed by atoms with E-state index >= 15 is 0 Å². The Morgan fingerprint density at radius 2 is 2.29 bits per heavy atom. The molecule has 0 aliphatic carbocycles. The number of allylic oxidation sites excluding steroid dienone is 4. The minimum Gasteiger partial charge on any atom is -0.493 e. The first kappa shape index (κ1) is 14.0. The number of nitrogens with zero attached hydrogens (tertiary/aromatic N) is 1. The van der Waals surface area contributed by atoms with Crippen molar-refractivity contribution in [3.63, 3.8) is 0 Å². The zero-order valence-electron chi connectivity index (χ0n) is 10.9. The smallest absolute Gasteiger partial charge is 0.112 e. The van der Waals surface area contributed by atoms with Crippen LogP contribution in [0.3, 0.4) is 0 Å². The molecule has 1 atom stereocenters. The number of likely N-dealkylation sites (tertiary alicyclic amines) is 1. The van der Waals surface area contributed by atoms with Crippen LogP contribution >= 0.6 is 0 Å². The Balaban J connectivity index is 2.14. The maximum atomic E-state index is 9.36. The van der Waals surface area contributed by atoms with E-state index in [1.165, 1.54) is 5.57 Å². The number of hydrogen-bond donors (Lipinski definition) is 1. The summed E-state index contributed by atoms with van der Waals surface area (Å²) in [5.41, 5.74) is 1.19. The van der Waals surface area contributed by atoms with Crippen molar-refractivity contribution in [3.8, 4) is 0 Å². The van der Waals surface area contributed by atoms with Gasteiger partial charge in [-0.1, -0.05) is 24.3 Å². The molecule has 1 aliphatic heterocycles. The molecule has 0 aromatic heterocycles. The Morgan fingerprint density at radius 3 is 2.88 bits per heavy atom. The molecule has 1 aliphatic rings. The molecular weight excluding hydrogens is 214 g/mol. The van der Waals surface area contributed by atoms with Crippen molar-refractivity contribution in [2.45, 2.75) is 26.4 Å². The molecule has 1 N–H and O–H groups in total. The largest absolute Gasteiger partial charge is 0.493 e. The summed E-state index contributed by atoms with van der Waals surface area (Å²) in [6.45, 7) is 11.1. The maximum Gasteiger partial charge on any atom is 0.112 e. The SMILES string of the molecule is C=C(/C=C\C(C)=C/C)OCCN1CCC(O)C1. The summed E-state index contributed by atoms with van der Waals surface area (Å²) < 4.78 is 5.50. The topological polar surface area (TPSA) is 32.7 Å². The van der Waals surface area contributed by atoms with Crippen molar-refractivity contribution in [1.29, 1.82) is 0 Å². The van der Waals surface area contributed by atoms with E-state index in [1.54, 1.807) is 0 Å². The molecule has 0 bridgehead atoms. The van der Waals surface area contributed by atoms with Gasteiger partial charge in [-0.15, -0.1) is 0 Å². The van der Waals surface area contributed by atoms with Crippen molar-refractivity contribution < 1.29 is 9.84 Å². The third-order valence-corrected chi connectivity index (χ3v) is 2.93. The highest BCUT2D eigenvalue weighted by Gasteiger charge is 2.19. The van der Waals surface area contributed by atoms with E-state index in [1.807, 2.05) is 32.1 Å². The van der Waals surface area contributed by atoms with Gasteiger partial charge < -0.3 is 9.84 Å². The zero-order valence-corrected chi connectivity index (χ0v) is 10.9. The summed E-state index contributed by atoms with van der Waals surface area (Å²) in [5, 5.41) is 9.36. The Bertz CT molecular complexity index is 307. The summed E-state index contributed by atoms with van der Waals surface area (Å²) in [7, 11) is 0. The van der Waals surface area contributed by atoms with Crippen molar-refractivity contribution in [3.05, 3.63) is 36.1 Å². The van der Waals surface area contributed by atoms with Crippen LogP contribution in [0.25, 0.3) is 0 Å². The van der Waals surface area contributed by atoms with Gasteiger partial charge in [0, 0.05) is 19.6 Å². The van der Waals surface area contributed by atoms with Gasteiger partial charge in [0.15, 0.2) is 0 Å². The molecule has 0 radical (unpaired) electrons.